The molecule has 1 aliphatic rings. The van der Waals surface area contributed by atoms with Gasteiger partial charge in [0.05, 0.1) is 17.8 Å². The number of hydrogen-bond acceptors (Lipinski definition) is 4. The third-order valence-electron chi connectivity index (χ3n) is 2.14. The number of rotatable bonds is 2. The molecule has 2 heterocycles. The van der Waals surface area contributed by atoms with Gasteiger partial charge >= 0.3 is 5.97 Å². The molecule has 14 heavy (non-hydrogen) atoms. The Labute approximate surface area is 85.9 Å². The lowest BCUT2D eigenvalue weighted by Gasteiger charge is -2.21. The zero-order valence-corrected chi connectivity index (χ0v) is 8.28. The maximum atomic E-state index is 10.9. The first kappa shape index (κ1) is 9.33. The second kappa shape index (κ2) is 3.88. The summed E-state index contributed by atoms with van der Waals surface area (Å²) in [5.74, 6) is 0.603. The van der Waals surface area contributed by atoms with Gasteiger partial charge in [0.25, 0.3) is 0 Å². The first-order valence-electron chi connectivity index (χ1n) is 4.26. The van der Waals surface area contributed by atoms with Gasteiger partial charge in [-0.15, -0.1) is 11.8 Å². The van der Waals surface area contributed by atoms with Crippen molar-refractivity contribution in [3.05, 3.63) is 24.5 Å². The van der Waals surface area contributed by atoms with E-state index in [-0.39, 0.29) is 0 Å². The van der Waals surface area contributed by atoms with E-state index >= 15 is 0 Å². The van der Waals surface area contributed by atoms with E-state index in [1.54, 1.807) is 24.2 Å². The van der Waals surface area contributed by atoms with Gasteiger partial charge in [0.2, 0.25) is 0 Å². The van der Waals surface area contributed by atoms with Crippen molar-refractivity contribution in [1.82, 2.24) is 4.98 Å². The minimum Gasteiger partial charge on any atom is -0.480 e. The molecular formula is C9H10N2O2S. The monoisotopic (exact) mass is 210 g/mol. The number of nitrogens with zero attached hydrogens (tertiary/aromatic N) is 2. The Kier molecular flexibility index (Phi) is 2.58. The van der Waals surface area contributed by atoms with E-state index in [2.05, 4.69) is 4.98 Å². The van der Waals surface area contributed by atoms with Crippen LogP contribution in [-0.2, 0) is 4.79 Å². The molecule has 1 saturated heterocycles. The lowest BCUT2D eigenvalue weighted by molar-refractivity contribution is -0.137. The van der Waals surface area contributed by atoms with Gasteiger partial charge in [0.15, 0.2) is 0 Å². The second-order valence-electron chi connectivity index (χ2n) is 3.03. The Morgan fingerprint density at radius 1 is 1.71 bits per heavy atom. The van der Waals surface area contributed by atoms with E-state index < -0.39 is 12.0 Å². The summed E-state index contributed by atoms with van der Waals surface area (Å²) in [4.78, 5) is 16.8. The Hall–Kier alpha value is -1.23. The fourth-order valence-corrected chi connectivity index (χ4v) is 2.60. The molecule has 0 saturated carbocycles. The quantitative estimate of drug-likeness (QED) is 0.790. The third kappa shape index (κ3) is 1.68. The predicted octanol–water partition coefficient (Wildman–Crippen LogP) is 1.05. The summed E-state index contributed by atoms with van der Waals surface area (Å²) in [6.45, 7) is 0. The van der Waals surface area contributed by atoms with Gasteiger partial charge < -0.3 is 10.0 Å². The number of aliphatic carboxylic acids is 1. The number of thioether (sulfide) groups is 1. The van der Waals surface area contributed by atoms with Gasteiger partial charge in [-0.05, 0) is 12.1 Å². The van der Waals surface area contributed by atoms with E-state index in [1.165, 1.54) is 0 Å². The van der Waals surface area contributed by atoms with Crippen LogP contribution in [0.15, 0.2) is 24.5 Å². The third-order valence-corrected chi connectivity index (χ3v) is 3.16. The molecule has 1 N–H and O–H groups in total. The topological polar surface area (TPSA) is 53.4 Å². The average Bonchev–Trinajstić information content (AvgIpc) is 2.67. The van der Waals surface area contributed by atoms with Gasteiger partial charge in [-0.1, -0.05) is 0 Å². The number of aromatic nitrogens is 1. The van der Waals surface area contributed by atoms with Crippen LogP contribution in [0.5, 0.6) is 0 Å². The molecular weight excluding hydrogens is 200 g/mol. The Bertz CT molecular complexity index is 331. The Morgan fingerprint density at radius 2 is 2.57 bits per heavy atom. The van der Waals surface area contributed by atoms with Gasteiger partial charge in [0, 0.05) is 11.9 Å². The van der Waals surface area contributed by atoms with Crippen LogP contribution >= 0.6 is 11.8 Å². The van der Waals surface area contributed by atoms with Crippen molar-refractivity contribution < 1.29 is 9.90 Å². The van der Waals surface area contributed by atoms with E-state index in [0.717, 1.165) is 11.6 Å². The predicted molar refractivity (Wildman–Crippen MR) is 55.5 cm³/mol. The summed E-state index contributed by atoms with van der Waals surface area (Å²) >= 11 is 1.63. The van der Waals surface area contributed by atoms with Crippen LogP contribution in [0.2, 0.25) is 0 Å². The number of carbonyl (C=O) groups is 1. The molecule has 1 aliphatic heterocycles. The van der Waals surface area contributed by atoms with Crippen LogP contribution in [0.1, 0.15) is 0 Å². The highest BCUT2D eigenvalue weighted by atomic mass is 32.2. The second-order valence-corrected chi connectivity index (χ2v) is 4.03. The standard InChI is InChI=1S/C9H10N2O2S/c12-9(13)8-5-14-6-11(8)7-2-1-3-10-4-7/h1-4,8H,5-6H2,(H,12,13). The first-order chi connectivity index (χ1) is 6.79. The van der Waals surface area contributed by atoms with Crippen molar-refractivity contribution in [2.45, 2.75) is 6.04 Å². The molecule has 4 nitrogen and oxygen atoms in total. The number of anilines is 1. The normalized spacial score (nSPS) is 21.1. The molecule has 1 aromatic rings. The maximum Gasteiger partial charge on any atom is 0.327 e. The number of carboxylic acid groups (broad SMARTS) is 1. The van der Waals surface area contributed by atoms with Crippen molar-refractivity contribution in [2.24, 2.45) is 0 Å². The summed E-state index contributed by atoms with van der Waals surface area (Å²) in [6.07, 6.45) is 3.38. The van der Waals surface area contributed by atoms with Crippen molar-refractivity contribution >= 4 is 23.4 Å². The van der Waals surface area contributed by atoms with Crippen LogP contribution < -0.4 is 4.90 Å². The van der Waals surface area contributed by atoms with Gasteiger partial charge in [-0.2, -0.15) is 0 Å². The minimum absolute atomic E-state index is 0.413. The summed E-state index contributed by atoms with van der Waals surface area (Å²) in [5.41, 5.74) is 0.880. The van der Waals surface area contributed by atoms with E-state index in [0.29, 0.717) is 5.75 Å². The highest BCUT2D eigenvalue weighted by Crippen LogP contribution is 2.26. The van der Waals surface area contributed by atoms with E-state index in [1.807, 2.05) is 17.0 Å². The zero-order valence-electron chi connectivity index (χ0n) is 7.46. The number of hydrogen-bond donors (Lipinski definition) is 1. The Balaban J connectivity index is 2.22. The minimum atomic E-state index is -0.765. The van der Waals surface area contributed by atoms with Crippen molar-refractivity contribution in [1.29, 1.82) is 0 Å². The van der Waals surface area contributed by atoms with Crippen LogP contribution in [0.3, 0.4) is 0 Å². The van der Waals surface area contributed by atoms with E-state index in [9.17, 15) is 4.79 Å². The largest absolute Gasteiger partial charge is 0.480 e. The zero-order chi connectivity index (χ0) is 9.97. The van der Waals surface area contributed by atoms with Crippen molar-refractivity contribution in [3.63, 3.8) is 0 Å². The highest BCUT2D eigenvalue weighted by Gasteiger charge is 2.31. The molecule has 0 aliphatic carbocycles. The van der Waals surface area contributed by atoms with Crippen molar-refractivity contribution in [2.75, 3.05) is 16.5 Å². The molecule has 0 radical (unpaired) electrons. The summed E-state index contributed by atoms with van der Waals surface area (Å²) in [7, 11) is 0. The molecule has 74 valence electrons. The summed E-state index contributed by atoms with van der Waals surface area (Å²) < 4.78 is 0. The number of pyridine rings is 1. The molecule has 0 bridgehead atoms. The highest BCUT2D eigenvalue weighted by molar-refractivity contribution is 7.99. The number of carboxylic acids is 1. The first-order valence-corrected chi connectivity index (χ1v) is 5.42. The molecule has 2 rings (SSSR count). The lowest BCUT2D eigenvalue weighted by atomic mass is 10.2. The van der Waals surface area contributed by atoms with Gasteiger partial charge in [-0.3, -0.25) is 4.98 Å². The molecule has 0 amide bonds. The van der Waals surface area contributed by atoms with Gasteiger partial charge in [-0.25, -0.2) is 4.79 Å². The molecule has 5 heteroatoms. The molecule has 1 unspecified atom stereocenters. The fourth-order valence-electron chi connectivity index (χ4n) is 1.43. The molecule has 1 aromatic heterocycles. The average molecular weight is 210 g/mol. The van der Waals surface area contributed by atoms with Crippen molar-refractivity contribution in [3.8, 4) is 0 Å². The summed E-state index contributed by atoms with van der Waals surface area (Å²) in [6, 6.07) is 3.29. The SMILES string of the molecule is O=C(O)C1CSCN1c1cccnc1. The molecule has 0 spiro atoms. The molecule has 0 aromatic carbocycles. The molecule has 1 atom stereocenters. The van der Waals surface area contributed by atoms with Crippen LogP contribution in [0, 0.1) is 0 Å². The van der Waals surface area contributed by atoms with Crippen LogP contribution in [0.4, 0.5) is 5.69 Å². The maximum absolute atomic E-state index is 10.9. The summed E-state index contributed by atoms with van der Waals surface area (Å²) in [5, 5.41) is 8.97. The van der Waals surface area contributed by atoms with Gasteiger partial charge in [0.1, 0.15) is 6.04 Å². The fraction of sp³-hybridized carbons (Fsp3) is 0.333. The molecule has 1 fully saturated rings. The smallest absolute Gasteiger partial charge is 0.327 e. The lowest BCUT2D eigenvalue weighted by Crippen LogP contribution is -2.37. The van der Waals surface area contributed by atoms with Crippen LogP contribution in [0.25, 0.3) is 0 Å². The van der Waals surface area contributed by atoms with Crippen LogP contribution in [-0.4, -0.2) is 33.7 Å². The van der Waals surface area contributed by atoms with E-state index in [4.69, 9.17) is 5.11 Å². The Morgan fingerprint density at radius 3 is 3.21 bits per heavy atom.